The van der Waals surface area contributed by atoms with Crippen molar-refractivity contribution in [1.82, 2.24) is 9.97 Å². The normalized spacial score (nSPS) is 19.3. The fourth-order valence-electron chi connectivity index (χ4n) is 4.18. The number of allylic oxidation sites excluding steroid dienone is 2. The molecule has 4 nitrogen and oxygen atoms in total. The molecule has 1 aliphatic carbocycles. The van der Waals surface area contributed by atoms with Crippen molar-refractivity contribution in [2.75, 3.05) is 4.90 Å². The molecule has 2 heterocycles. The summed E-state index contributed by atoms with van der Waals surface area (Å²) in [5, 5.41) is 0. The first-order valence-electron chi connectivity index (χ1n) is 10.1. The van der Waals surface area contributed by atoms with Crippen molar-refractivity contribution in [3.8, 4) is 17.0 Å². The van der Waals surface area contributed by atoms with Crippen molar-refractivity contribution in [2.45, 2.75) is 12.1 Å². The van der Waals surface area contributed by atoms with E-state index in [0.29, 0.717) is 0 Å². The van der Waals surface area contributed by atoms with Gasteiger partial charge in [0.25, 0.3) is 0 Å². The Morgan fingerprint density at radius 2 is 1.53 bits per heavy atom. The summed E-state index contributed by atoms with van der Waals surface area (Å²) in [5.41, 5.74) is 5.94. The second kappa shape index (κ2) is 6.85. The van der Waals surface area contributed by atoms with Crippen molar-refractivity contribution in [1.29, 1.82) is 0 Å². The van der Waals surface area contributed by atoms with Gasteiger partial charge in [-0.2, -0.15) is 0 Å². The van der Waals surface area contributed by atoms with Crippen molar-refractivity contribution < 1.29 is 4.74 Å². The molecular weight excluding hydrogens is 370 g/mol. The number of hydrogen-bond acceptors (Lipinski definition) is 4. The van der Waals surface area contributed by atoms with Crippen LogP contribution >= 0.6 is 0 Å². The topological polar surface area (TPSA) is 38.2 Å². The van der Waals surface area contributed by atoms with Crippen LogP contribution in [0.25, 0.3) is 22.3 Å². The monoisotopic (exact) mass is 389 g/mol. The maximum atomic E-state index is 6.22. The highest BCUT2D eigenvalue weighted by molar-refractivity contribution is 5.78. The third kappa shape index (κ3) is 2.77. The minimum absolute atomic E-state index is 0.00377. The zero-order valence-electron chi connectivity index (χ0n) is 16.2. The maximum absolute atomic E-state index is 6.22. The largest absolute Gasteiger partial charge is 0.482 e. The first-order valence-corrected chi connectivity index (χ1v) is 10.1. The number of ether oxygens (including phenoxy) is 1. The van der Waals surface area contributed by atoms with Crippen LogP contribution in [-0.4, -0.2) is 22.1 Å². The molecule has 0 saturated carbocycles. The van der Waals surface area contributed by atoms with Crippen molar-refractivity contribution in [3.05, 3.63) is 103 Å². The highest BCUT2D eigenvalue weighted by atomic mass is 16.5. The molecule has 0 spiro atoms. The fraction of sp³-hybridized carbons (Fsp3) is 0.0769. The number of para-hydroxylation sites is 4. The summed E-state index contributed by atoms with van der Waals surface area (Å²) in [4.78, 5) is 11.7. The van der Waals surface area contributed by atoms with Gasteiger partial charge in [-0.05, 0) is 42.5 Å². The van der Waals surface area contributed by atoms with Gasteiger partial charge in [-0.15, -0.1) is 0 Å². The van der Waals surface area contributed by atoms with E-state index < -0.39 is 0 Å². The quantitative estimate of drug-likeness (QED) is 0.441. The maximum Gasteiger partial charge on any atom is 0.144 e. The molecule has 2 atom stereocenters. The number of anilines is 2. The molecule has 6 rings (SSSR count). The molecule has 144 valence electrons. The number of fused-ring (bicyclic) bond motifs is 3. The Kier molecular flexibility index (Phi) is 3.88. The molecule has 0 saturated heterocycles. The van der Waals surface area contributed by atoms with Crippen LogP contribution in [0.15, 0.2) is 103 Å². The molecule has 1 aliphatic heterocycles. The smallest absolute Gasteiger partial charge is 0.144 e. The Morgan fingerprint density at radius 1 is 0.767 bits per heavy atom. The molecule has 0 bridgehead atoms. The van der Waals surface area contributed by atoms with E-state index in [0.717, 1.165) is 39.4 Å². The van der Waals surface area contributed by atoms with E-state index in [-0.39, 0.29) is 12.1 Å². The molecule has 0 N–H and O–H groups in total. The van der Waals surface area contributed by atoms with E-state index in [9.17, 15) is 0 Å². The standard InChI is InChI=1S/C26H19N3O/c1-2-8-21-20(7-1)27-17-22(28-21)18-13-15-19(16-14-18)29-23-9-3-5-11-25(23)30-26-12-6-4-10-24(26)29/h1-17,23,25H. The summed E-state index contributed by atoms with van der Waals surface area (Å²) in [7, 11) is 0. The average Bonchev–Trinajstić information content (AvgIpc) is 2.82. The minimum atomic E-state index is -0.00377. The minimum Gasteiger partial charge on any atom is -0.482 e. The van der Waals surface area contributed by atoms with Crippen LogP contribution in [0.2, 0.25) is 0 Å². The number of nitrogens with zero attached hydrogens (tertiary/aromatic N) is 3. The van der Waals surface area contributed by atoms with Gasteiger partial charge in [-0.25, -0.2) is 4.98 Å². The van der Waals surface area contributed by atoms with Crippen molar-refractivity contribution >= 4 is 22.4 Å². The number of benzene rings is 3. The lowest BCUT2D eigenvalue weighted by molar-refractivity contribution is 0.218. The second-order valence-electron chi connectivity index (χ2n) is 7.47. The predicted octanol–water partition coefficient (Wildman–Crippen LogP) is 5.69. The van der Waals surface area contributed by atoms with Gasteiger partial charge in [0.2, 0.25) is 0 Å². The Labute approximate surface area is 174 Å². The third-order valence-corrected chi connectivity index (χ3v) is 5.63. The molecule has 0 radical (unpaired) electrons. The number of hydrogen-bond donors (Lipinski definition) is 0. The molecule has 0 amide bonds. The van der Waals surface area contributed by atoms with Crippen LogP contribution in [-0.2, 0) is 0 Å². The van der Waals surface area contributed by atoms with Gasteiger partial charge >= 0.3 is 0 Å². The van der Waals surface area contributed by atoms with E-state index in [2.05, 4.69) is 70.6 Å². The average molecular weight is 389 g/mol. The molecule has 0 fully saturated rings. The van der Waals surface area contributed by atoms with Gasteiger partial charge in [0.1, 0.15) is 11.9 Å². The molecule has 30 heavy (non-hydrogen) atoms. The van der Waals surface area contributed by atoms with Crippen LogP contribution in [0.4, 0.5) is 11.4 Å². The van der Waals surface area contributed by atoms with E-state index in [1.54, 1.807) is 0 Å². The Hall–Kier alpha value is -3.92. The molecule has 2 aliphatic rings. The van der Waals surface area contributed by atoms with E-state index >= 15 is 0 Å². The van der Waals surface area contributed by atoms with Crippen LogP contribution in [0.5, 0.6) is 5.75 Å². The highest BCUT2D eigenvalue weighted by Crippen LogP contribution is 2.42. The summed E-state index contributed by atoms with van der Waals surface area (Å²) in [6.07, 6.45) is 10.3. The van der Waals surface area contributed by atoms with E-state index in [1.807, 2.05) is 42.6 Å². The lowest BCUT2D eigenvalue weighted by Crippen LogP contribution is -2.46. The molecular formula is C26H19N3O. The lowest BCUT2D eigenvalue weighted by atomic mass is 9.99. The van der Waals surface area contributed by atoms with Gasteiger partial charge < -0.3 is 9.64 Å². The van der Waals surface area contributed by atoms with Crippen molar-refractivity contribution in [2.24, 2.45) is 0 Å². The highest BCUT2D eigenvalue weighted by Gasteiger charge is 2.34. The molecule has 1 aromatic heterocycles. The third-order valence-electron chi connectivity index (χ3n) is 5.63. The summed E-state index contributed by atoms with van der Waals surface area (Å²) in [6, 6.07) is 24.8. The Morgan fingerprint density at radius 3 is 2.43 bits per heavy atom. The van der Waals surface area contributed by atoms with Gasteiger partial charge in [-0.3, -0.25) is 4.98 Å². The Bertz CT molecular complexity index is 1290. The van der Waals surface area contributed by atoms with Crippen molar-refractivity contribution in [3.63, 3.8) is 0 Å². The summed E-state index contributed by atoms with van der Waals surface area (Å²) in [6.45, 7) is 0. The first kappa shape index (κ1) is 17.0. The Balaban J connectivity index is 1.40. The van der Waals surface area contributed by atoms with E-state index in [1.165, 1.54) is 0 Å². The zero-order valence-corrected chi connectivity index (χ0v) is 16.2. The predicted molar refractivity (Wildman–Crippen MR) is 120 cm³/mol. The van der Waals surface area contributed by atoms with Crippen LogP contribution in [0.1, 0.15) is 0 Å². The molecule has 3 aromatic carbocycles. The molecule has 4 heteroatoms. The lowest BCUT2D eigenvalue weighted by Gasteiger charge is -2.42. The van der Waals surface area contributed by atoms with Gasteiger partial charge in [0, 0.05) is 11.3 Å². The first-order chi connectivity index (χ1) is 14.9. The summed E-state index contributed by atoms with van der Waals surface area (Å²) < 4.78 is 6.22. The second-order valence-corrected chi connectivity index (χ2v) is 7.47. The van der Waals surface area contributed by atoms with E-state index in [4.69, 9.17) is 9.72 Å². The van der Waals surface area contributed by atoms with Crippen LogP contribution in [0, 0.1) is 0 Å². The number of aromatic nitrogens is 2. The SMILES string of the molecule is C1=CC2Oc3ccccc3N(c3ccc(-c4cnc5ccccc5n4)cc3)C2C=C1. The summed E-state index contributed by atoms with van der Waals surface area (Å²) >= 11 is 0. The fourth-order valence-corrected chi connectivity index (χ4v) is 4.18. The van der Waals surface area contributed by atoms with Gasteiger partial charge in [-0.1, -0.05) is 54.6 Å². The van der Waals surface area contributed by atoms with Crippen LogP contribution in [0.3, 0.4) is 0 Å². The summed E-state index contributed by atoms with van der Waals surface area (Å²) in [5.74, 6) is 0.906. The molecule has 2 unspecified atom stereocenters. The van der Waals surface area contributed by atoms with Gasteiger partial charge in [0.05, 0.1) is 34.7 Å². The molecule has 4 aromatic rings. The van der Waals surface area contributed by atoms with Crippen LogP contribution < -0.4 is 9.64 Å². The van der Waals surface area contributed by atoms with Gasteiger partial charge in [0.15, 0.2) is 0 Å². The number of rotatable bonds is 2. The zero-order chi connectivity index (χ0) is 19.9.